The van der Waals surface area contributed by atoms with Crippen molar-refractivity contribution in [2.24, 2.45) is 0 Å². The largest absolute Gasteiger partial charge is 0.497 e. The number of urea groups is 1. The highest BCUT2D eigenvalue weighted by molar-refractivity contribution is 5.90. The summed E-state index contributed by atoms with van der Waals surface area (Å²) in [7, 11) is 2.99. The number of carbonyl (C=O) groups excluding carboxylic acids is 1. The number of nitrogens with one attached hydrogen (secondary N) is 2. The van der Waals surface area contributed by atoms with Crippen LogP contribution >= 0.6 is 0 Å². The highest BCUT2D eigenvalue weighted by Gasteiger charge is 2.33. The number of benzene rings is 2. The second-order valence-corrected chi connectivity index (χ2v) is 5.07. The zero-order valence-corrected chi connectivity index (χ0v) is 13.6. The Morgan fingerprint density at radius 2 is 1.64 bits per heavy atom. The fourth-order valence-corrected chi connectivity index (χ4v) is 2.16. The highest BCUT2D eigenvalue weighted by atomic mass is 19.4. The summed E-state index contributed by atoms with van der Waals surface area (Å²) < 4.78 is 49.0. The summed E-state index contributed by atoms with van der Waals surface area (Å²) in [6.45, 7) is 0.0909. The molecule has 2 aromatic rings. The van der Waals surface area contributed by atoms with Crippen molar-refractivity contribution in [1.82, 2.24) is 5.32 Å². The molecule has 2 aromatic carbocycles. The minimum Gasteiger partial charge on any atom is -0.497 e. The average molecular weight is 354 g/mol. The second-order valence-electron chi connectivity index (χ2n) is 5.07. The Balaban J connectivity index is 2.05. The van der Waals surface area contributed by atoms with Gasteiger partial charge in [0.15, 0.2) is 0 Å². The minimum absolute atomic E-state index is 0.0909. The van der Waals surface area contributed by atoms with Crippen LogP contribution in [-0.4, -0.2) is 20.3 Å². The predicted octanol–water partition coefficient (Wildman–Crippen LogP) is 4.04. The molecule has 2 N–H and O–H groups in total. The van der Waals surface area contributed by atoms with Gasteiger partial charge in [-0.2, -0.15) is 13.2 Å². The standard InChI is InChI=1S/C17H17F3N2O3/c1-24-12-7-11(8-13(9-12)25-2)10-21-16(23)22-15-6-4-3-5-14(15)17(18,19)20/h3-9H,10H2,1-2H3,(H2,21,22,23). The molecule has 0 saturated carbocycles. The van der Waals surface area contributed by atoms with Crippen LogP contribution in [0.5, 0.6) is 11.5 Å². The van der Waals surface area contributed by atoms with Crippen molar-refractivity contribution in [2.75, 3.05) is 19.5 Å². The van der Waals surface area contributed by atoms with Gasteiger partial charge in [0.05, 0.1) is 25.5 Å². The van der Waals surface area contributed by atoms with Crippen LogP contribution in [0.15, 0.2) is 42.5 Å². The molecule has 0 heterocycles. The predicted molar refractivity (Wildman–Crippen MR) is 86.8 cm³/mol. The quantitative estimate of drug-likeness (QED) is 0.852. The Hall–Kier alpha value is -2.90. The molecular weight excluding hydrogens is 337 g/mol. The number of hydrogen-bond donors (Lipinski definition) is 2. The van der Waals surface area contributed by atoms with Crippen LogP contribution in [0.2, 0.25) is 0 Å². The number of methoxy groups -OCH3 is 2. The molecule has 0 aliphatic carbocycles. The van der Waals surface area contributed by atoms with E-state index >= 15 is 0 Å². The zero-order chi connectivity index (χ0) is 18.4. The van der Waals surface area contributed by atoms with Crippen LogP contribution in [0.3, 0.4) is 0 Å². The number of ether oxygens (including phenoxy) is 2. The third-order valence-electron chi connectivity index (χ3n) is 3.34. The zero-order valence-electron chi connectivity index (χ0n) is 13.6. The lowest BCUT2D eigenvalue weighted by Gasteiger charge is -2.14. The third kappa shape index (κ3) is 5.03. The molecule has 8 heteroatoms. The molecular formula is C17H17F3N2O3. The van der Waals surface area contributed by atoms with Crippen molar-refractivity contribution >= 4 is 11.7 Å². The molecule has 5 nitrogen and oxygen atoms in total. The smallest absolute Gasteiger partial charge is 0.418 e. The van der Waals surface area contributed by atoms with Crippen LogP contribution in [0.4, 0.5) is 23.7 Å². The molecule has 0 aromatic heterocycles. The number of rotatable bonds is 5. The Labute approximate surface area is 142 Å². The Morgan fingerprint density at radius 1 is 1.04 bits per heavy atom. The van der Waals surface area contributed by atoms with Gasteiger partial charge in [0.1, 0.15) is 11.5 Å². The number of anilines is 1. The summed E-state index contributed by atoms with van der Waals surface area (Å²) in [6, 6.07) is 9.06. The minimum atomic E-state index is -4.55. The van der Waals surface area contributed by atoms with Gasteiger partial charge >= 0.3 is 12.2 Å². The number of hydrogen-bond acceptors (Lipinski definition) is 3. The van der Waals surface area contributed by atoms with Gasteiger partial charge in [-0.3, -0.25) is 0 Å². The molecule has 2 amide bonds. The first-order valence-electron chi connectivity index (χ1n) is 7.26. The van der Waals surface area contributed by atoms with Gasteiger partial charge in [0.2, 0.25) is 0 Å². The first kappa shape index (κ1) is 18.4. The van der Waals surface area contributed by atoms with E-state index in [2.05, 4.69) is 10.6 Å². The third-order valence-corrected chi connectivity index (χ3v) is 3.34. The molecule has 0 aliphatic rings. The maximum Gasteiger partial charge on any atom is 0.418 e. The van der Waals surface area contributed by atoms with Crippen molar-refractivity contribution in [2.45, 2.75) is 12.7 Å². The number of amides is 2. The molecule has 134 valence electrons. The topological polar surface area (TPSA) is 59.6 Å². The Kier molecular flexibility index (Phi) is 5.74. The van der Waals surface area contributed by atoms with Crippen LogP contribution in [-0.2, 0) is 12.7 Å². The summed E-state index contributed by atoms with van der Waals surface area (Å²) in [6.07, 6.45) is -4.55. The van der Waals surface area contributed by atoms with E-state index in [1.54, 1.807) is 18.2 Å². The lowest BCUT2D eigenvalue weighted by Crippen LogP contribution is -2.29. The van der Waals surface area contributed by atoms with Crippen LogP contribution < -0.4 is 20.1 Å². The normalized spacial score (nSPS) is 10.9. The number of alkyl halides is 3. The van der Waals surface area contributed by atoms with Crippen molar-refractivity contribution in [3.05, 3.63) is 53.6 Å². The van der Waals surface area contributed by atoms with Gasteiger partial charge in [-0.05, 0) is 29.8 Å². The SMILES string of the molecule is COc1cc(CNC(=O)Nc2ccccc2C(F)(F)F)cc(OC)c1. The Morgan fingerprint density at radius 3 is 2.20 bits per heavy atom. The first-order chi connectivity index (χ1) is 11.8. The molecule has 0 unspecified atom stereocenters. The van der Waals surface area contributed by atoms with Crippen molar-refractivity contribution in [1.29, 1.82) is 0 Å². The second kappa shape index (κ2) is 7.78. The molecule has 0 radical (unpaired) electrons. The van der Waals surface area contributed by atoms with Crippen LogP contribution in [0.1, 0.15) is 11.1 Å². The molecule has 25 heavy (non-hydrogen) atoms. The van der Waals surface area contributed by atoms with Gasteiger partial charge in [0.25, 0.3) is 0 Å². The van der Waals surface area contributed by atoms with Gasteiger partial charge in [0, 0.05) is 12.6 Å². The summed E-state index contributed by atoms with van der Waals surface area (Å²) in [5, 5.41) is 4.71. The van der Waals surface area contributed by atoms with Crippen molar-refractivity contribution in [3.63, 3.8) is 0 Å². The molecule has 2 rings (SSSR count). The number of halogens is 3. The van der Waals surface area contributed by atoms with Crippen LogP contribution in [0.25, 0.3) is 0 Å². The van der Waals surface area contributed by atoms with E-state index in [0.717, 1.165) is 6.07 Å². The number of carbonyl (C=O) groups is 1. The Bertz CT molecular complexity index is 726. The summed E-state index contributed by atoms with van der Waals surface area (Å²) in [5.41, 5.74) is -0.542. The monoisotopic (exact) mass is 354 g/mol. The highest BCUT2D eigenvalue weighted by Crippen LogP contribution is 2.34. The molecule has 0 fully saturated rings. The van der Waals surface area contributed by atoms with Crippen molar-refractivity contribution in [3.8, 4) is 11.5 Å². The van der Waals surface area contributed by atoms with Crippen LogP contribution in [0, 0.1) is 0 Å². The van der Waals surface area contributed by atoms with E-state index in [1.807, 2.05) is 0 Å². The number of para-hydroxylation sites is 1. The van der Waals surface area contributed by atoms with Gasteiger partial charge in [-0.15, -0.1) is 0 Å². The van der Waals surface area contributed by atoms with Crippen molar-refractivity contribution < 1.29 is 27.4 Å². The fourth-order valence-electron chi connectivity index (χ4n) is 2.16. The van der Waals surface area contributed by atoms with E-state index in [1.165, 1.54) is 32.4 Å². The van der Waals surface area contributed by atoms with Gasteiger partial charge < -0.3 is 20.1 Å². The van der Waals surface area contributed by atoms with E-state index in [-0.39, 0.29) is 12.2 Å². The van der Waals surface area contributed by atoms with E-state index in [9.17, 15) is 18.0 Å². The lowest BCUT2D eigenvalue weighted by atomic mass is 10.1. The molecule has 0 bridgehead atoms. The lowest BCUT2D eigenvalue weighted by molar-refractivity contribution is -0.136. The average Bonchev–Trinajstić information content (AvgIpc) is 2.59. The first-order valence-corrected chi connectivity index (χ1v) is 7.26. The molecule has 0 saturated heterocycles. The van der Waals surface area contributed by atoms with E-state index in [4.69, 9.17) is 9.47 Å². The molecule has 0 aliphatic heterocycles. The maximum absolute atomic E-state index is 12.9. The van der Waals surface area contributed by atoms with E-state index in [0.29, 0.717) is 17.1 Å². The maximum atomic E-state index is 12.9. The summed E-state index contributed by atoms with van der Waals surface area (Å²) in [4.78, 5) is 11.9. The fraction of sp³-hybridized carbons (Fsp3) is 0.235. The molecule has 0 spiro atoms. The molecule has 0 atom stereocenters. The summed E-state index contributed by atoms with van der Waals surface area (Å²) >= 11 is 0. The van der Waals surface area contributed by atoms with Gasteiger partial charge in [-0.1, -0.05) is 12.1 Å². The van der Waals surface area contributed by atoms with E-state index < -0.39 is 17.8 Å². The summed E-state index contributed by atoms with van der Waals surface area (Å²) in [5.74, 6) is 1.08. The van der Waals surface area contributed by atoms with Gasteiger partial charge in [-0.25, -0.2) is 4.79 Å².